The van der Waals surface area contributed by atoms with E-state index in [1.165, 1.54) is 17.4 Å². The molecule has 106 valence electrons. The summed E-state index contributed by atoms with van der Waals surface area (Å²) in [6.45, 7) is 0.0112. The Morgan fingerprint density at radius 2 is 2.25 bits per heavy atom. The van der Waals surface area contributed by atoms with Crippen molar-refractivity contribution in [3.63, 3.8) is 0 Å². The maximum absolute atomic E-state index is 11.6. The minimum absolute atomic E-state index is 0.204. The monoisotopic (exact) mass is 357 g/mol. The molecule has 7 heteroatoms. The quantitative estimate of drug-likeness (QED) is 0.612. The Morgan fingerprint density at radius 1 is 1.45 bits per heavy atom. The molecule has 1 fully saturated rings. The minimum Gasteiger partial charge on any atom is -0.452 e. The van der Waals surface area contributed by atoms with Crippen molar-refractivity contribution in [2.45, 2.75) is 12.8 Å². The lowest BCUT2D eigenvalue weighted by Gasteiger charge is -2.12. The highest BCUT2D eigenvalue weighted by Crippen LogP contribution is 2.22. The minimum atomic E-state index is -0.602. The number of esters is 1. The summed E-state index contributed by atoms with van der Waals surface area (Å²) in [5.41, 5.74) is 0. The third kappa shape index (κ3) is 4.01. The molecule has 0 aromatic carbocycles. The first kappa shape index (κ1) is 14.9. The van der Waals surface area contributed by atoms with Gasteiger partial charge in [-0.05, 0) is 40.6 Å². The van der Waals surface area contributed by atoms with Crippen LogP contribution in [-0.2, 0) is 19.1 Å². The Morgan fingerprint density at radius 3 is 2.85 bits per heavy atom. The summed E-state index contributed by atoms with van der Waals surface area (Å²) in [5, 5.41) is 0. The van der Waals surface area contributed by atoms with E-state index in [0.29, 0.717) is 19.4 Å². The Labute approximate surface area is 128 Å². The molecule has 0 atom stereocenters. The zero-order valence-corrected chi connectivity index (χ0v) is 12.9. The van der Waals surface area contributed by atoms with E-state index in [1.54, 1.807) is 6.08 Å². The van der Waals surface area contributed by atoms with Gasteiger partial charge in [0.25, 0.3) is 5.91 Å². The predicted molar refractivity (Wildman–Crippen MR) is 78.0 cm³/mol. The summed E-state index contributed by atoms with van der Waals surface area (Å²) in [6, 6.07) is 3.73. The lowest BCUT2D eigenvalue weighted by molar-refractivity contribution is -0.151. The first-order chi connectivity index (χ1) is 9.56. The number of carbonyl (C=O) groups excluding carboxylic acids is 3. The van der Waals surface area contributed by atoms with Crippen LogP contribution in [0.3, 0.4) is 0 Å². The van der Waals surface area contributed by atoms with Crippen LogP contribution in [0.4, 0.5) is 0 Å². The fraction of sp³-hybridized carbons (Fsp3) is 0.308. The van der Waals surface area contributed by atoms with Crippen LogP contribution < -0.4 is 0 Å². The number of hydrogen-bond donors (Lipinski definition) is 0. The summed E-state index contributed by atoms with van der Waals surface area (Å²) in [7, 11) is 0. The molecular formula is C13H12BrNO4S. The summed E-state index contributed by atoms with van der Waals surface area (Å²) in [4.78, 5) is 36.4. The zero-order chi connectivity index (χ0) is 14.5. The third-order valence-corrected chi connectivity index (χ3v) is 4.28. The second-order valence-corrected chi connectivity index (χ2v) is 6.62. The standard InChI is InChI=1S/C13H12BrNO4S/c14-10-5-3-9(20-10)4-6-13(18)19-8-12(17)15-7-1-2-11(15)16/h3-6H,1-2,7-8H2/b6-4+. The van der Waals surface area contributed by atoms with Crippen LogP contribution in [0.25, 0.3) is 6.08 Å². The van der Waals surface area contributed by atoms with Gasteiger partial charge in [-0.1, -0.05) is 0 Å². The average Bonchev–Trinajstić information content (AvgIpc) is 3.02. The van der Waals surface area contributed by atoms with Crippen LogP contribution in [0.1, 0.15) is 17.7 Å². The van der Waals surface area contributed by atoms with E-state index in [0.717, 1.165) is 13.6 Å². The van der Waals surface area contributed by atoms with Gasteiger partial charge in [-0.3, -0.25) is 14.5 Å². The van der Waals surface area contributed by atoms with Crippen molar-refractivity contribution in [3.8, 4) is 0 Å². The number of ether oxygens (including phenoxy) is 1. The molecule has 20 heavy (non-hydrogen) atoms. The Bertz CT molecular complexity index is 566. The highest BCUT2D eigenvalue weighted by molar-refractivity contribution is 9.11. The fourth-order valence-electron chi connectivity index (χ4n) is 1.74. The summed E-state index contributed by atoms with van der Waals surface area (Å²) in [6.07, 6.45) is 3.93. The van der Waals surface area contributed by atoms with Crippen LogP contribution >= 0.6 is 27.3 Å². The summed E-state index contributed by atoms with van der Waals surface area (Å²) >= 11 is 4.80. The fourth-order valence-corrected chi connectivity index (χ4v) is 3.07. The third-order valence-electron chi connectivity index (χ3n) is 2.69. The molecule has 1 aliphatic heterocycles. The molecule has 0 saturated carbocycles. The summed E-state index contributed by atoms with van der Waals surface area (Å²) in [5.74, 6) is -1.27. The Hall–Kier alpha value is -1.47. The van der Waals surface area contributed by atoms with Crippen LogP contribution in [0, 0.1) is 0 Å². The largest absolute Gasteiger partial charge is 0.452 e. The van der Waals surface area contributed by atoms with Gasteiger partial charge in [0.2, 0.25) is 5.91 Å². The number of carbonyl (C=O) groups is 3. The molecule has 1 aromatic rings. The first-order valence-corrected chi connectivity index (χ1v) is 7.60. The van der Waals surface area contributed by atoms with E-state index in [2.05, 4.69) is 15.9 Å². The molecule has 0 aliphatic carbocycles. The second kappa shape index (κ2) is 6.81. The van der Waals surface area contributed by atoms with E-state index >= 15 is 0 Å². The highest BCUT2D eigenvalue weighted by Gasteiger charge is 2.26. The normalized spacial score (nSPS) is 15.1. The van der Waals surface area contributed by atoms with E-state index in [4.69, 9.17) is 4.74 Å². The molecule has 1 saturated heterocycles. The molecule has 1 aliphatic rings. The van der Waals surface area contributed by atoms with Crippen LogP contribution in [0.15, 0.2) is 22.0 Å². The molecule has 5 nitrogen and oxygen atoms in total. The maximum Gasteiger partial charge on any atom is 0.331 e. The van der Waals surface area contributed by atoms with E-state index < -0.39 is 18.5 Å². The van der Waals surface area contributed by atoms with Gasteiger partial charge in [0.15, 0.2) is 6.61 Å². The molecule has 2 heterocycles. The molecule has 0 radical (unpaired) electrons. The second-order valence-electron chi connectivity index (χ2n) is 4.13. The molecule has 2 amide bonds. The van der Waals surface area contributed by atoms with Crippen molar-refractivity contribution in [1.29, 1.82) is 0 Å². The lowest BCUT2D eigenvalue weighted by Crippen LogP contribution is -2.35. The molecule has 0 bridgehead atoms. The van der Waals surface area contributed by atoms with Crippen molar-refractivity contribution < 1.29 is 19.1 Å². The number of rotatable bonds is 4. The molecular weight excluding hydrogens is 346 g/mol. The maximum atomic E-state index is 11.6. The molecule has 2 rings (SSSR count). The summed E-state index contributed by atoms with van der Waals surface area (Å²) < 4.78 is 5.78. The van der Waals surface area contributed by atoms with Crippen molar-refractivity contribution in [2.24, 2.45) is 0 Å². The van der Waals surface area contributed by atoms with Gasteiger partial charge >= 0.3 is 5.97 Å². The number of likely N-dealkylation sites (tertiary alicyclic amines) is 1. The number of imide groups is 1. The van der Waals surface area contributed by atoms with Crippen LogP contribution in [0.2, 0.25) is 0 Å². The number of halogens is 1. The Balaban J connectivity index is 1.79. The van der Waals surface area contributed by atoms with Gasteiger partial charge in [0.05, 0.1) is 3.79 Å². The zero-order valence-electron chi connectivity index (χ0n) is 10.5. The number of amides is 2. The smallest absolute Gasteiger partial charge is 0.331 e. The molecule has 0 spiro atoms. The van der Waals surface area contributed by atoms with Crippen molar-refractivity contribution in [1.82, 2.24) is 4.90 Å². The molecule has 0 N–H and O–H groups in total. The van der Waals surface area contributed by atoms with Crippen molar-refractivity contribution >= 4 is 51.1 Å². The number of thiophene rings is 1. The van der Waals surface area contributed by atoms with Gasteiger partial charge < -0.3 is 4.74 Å². The Kier molecular flexibility index (Phi) is 5.08. The molecule has 0 unspecified atom stereocenters. The van der Waals surface area contributed by atoms with Gasteiger partial charge in [0, 0.05) is 23.9 Å². The first-order valence-electron chi connectivity index (χ1n) is 5.99. The average molecular weight is 358 g/mol. The van der Waals surface area contributed by atoms with Crippen molar-refractivity contribution in [3.05, 3.63) is 26.9 Å². The van der Waals surface area contributed by atoms with E-state index in [-0.39, 0.29) is 5.91 Å². The highest BCUT2D eigenvalue weighted by atomic mass is 79.9. The van der Waals surface area contributed by atoms with Crippen molar-refractivity contribution in [2.75, 3.05) is 13.2 Å². The van der Waals surface area contributed by atoms with E-state index in [9.17, 15) is 14.4 Å². The van der Waals surface area contributed by atoms with Gasteiger partial charge in [-0.2, -0.15) is 0 Å². The van der Waals surface area contributed by atoms with Gasteiger partial charge in [-0.15, -0.1) is 11.3 Å². The number of hydrogen-bond acceptors (Lipinski definition) is 5. The van der Waals surface area contributed by atoms with E-state index in [1.807, 2.05) is 12.1 Å². The number of nitrogens with zero attached hydrogens (tertiary/aromatic N) is 1. The van der Waals surface area contributed by atoms with Crippen LogP contribution in [-0.4, -0.2) is 35.8 Å². The lowest BCUT2D eigenvalue weighted by atomic mass is 10.4. The molecule has 1 aromatic heterocycles. The van der Waals surface area contributed by atoms with Gasteiger partial charge in [-0.25, -0.2) is 4.79 Å². The van der Waals surface area contributed by atoms with Gasteiger partial charge in [0.1, 0.15) is 0 Å². The predicted octanol–water partition coefficient (Wildman–Crippen LogP) is 2.22. The van der Waals surface area contributed by atoms with Crippen LogP contribution in [0.5, 0.6) is 0 Å². The topological polar surface area (TPSA) is 63.7 Å². The SMILES string of the molecule is O=C(/C=C/c1ccc(Br)s1)OCC(=O)N1CCCC1=O.